The Kier molecular flexibility index (Phi) is 3.80. The summed E-state index contributed by atoms with van der Waals surface area (Å²) in [5.41, 5.74) is 0.119. The Bertz CT molecular complexity index is 892. The number of halogens is 1. The van der Waals surface area contributed by atoms with Crippen LogP contribution in [0.25, 0.3) is 10.9 Å². The van der Waals surface area contributed by atoms with Gasteiger partial charge in [0.1, 0.15) is 17.9 Å². The number of fused-ring (bicyclic) bond motifs is 1. The molecule has 0 aliphatic rings. The van der Waals surface area contributed by atoms with E-state index in [2.05, 4.69) is 20.6 Å². The molecule has 0 aliphatic heterocycles. The summed E-state index contributed by atoms with van der Waals surface area (Å²) in [5, 5.41) is 11.1. The highest BCUT2D eigenvalue weighted by atomic mass is 35.5. The number of carbonyl (C=O) groups is 1. The van der Waals surface area contributed by atoms with E-state index in [0.29, 0.717) is 21.7 Å². The Morgan fingerprint density at radius 2 is 2.05 bits per heavy atom. The van der Waals surface area contributed by atoms with E-state index in [1.807, 2.05) is 0 Å². The van der Waals surface area contributed by atoms with E-state index in [4.69, 9.17) is 11.6 Å². The maximum Gasteiger partial charge on any atom is 0.278 e. The maximum absolute atomic E-state index is 12.2. The number of nitrogens with one attached hydrogen (secondary N) is 1. The number of pyridine rings is 1. The van der Waals surface area contributed by atoms with Gasteiger partial charge in [-0.25, -0.2) is 9.67 Å². The van der Waals surface area contributed by atoms with Crippen molar-refractivity contribution in [3.05, 3.63) is 58.0 Å². The van der Waals surface area contributed by atoms with Gasteiger partial charge < -0.3 is 5.32 Å². The molecule has 3 rings (SSSR count). The summed E-state index contributed by atoms with van der Waals surface area (Å²) in [6.07, 6.45) is 1.42. The van der Waals surface area contributed by atoms with E-state index in [0.717, 1.165) is 4.68 Å². The van der Waals surface area contributed by atoms with Crippen LogP contribution in [0.4, 0.5) is 5.82 Å². The van der Waals surface area contributed by atoms with E-state index in [1.165, 1.54) is 6.20 Å². The fourth-order valence-corrected chi connectivity index (χ4v) is 2.01. The minimum Gasteiger partial charge on any atom is -0.309 e. The number of anilines is 1. The van der Waals surface area contributed by atoms with Crippen LogP contribution in [0.1, 0.15) is 0 Å². The van der Waals surface area contributed by atoms with Crippen LogP contribution in [0.3, 0.4) is 0 Å². The summed E-state index contributed by atoms with van der Waals surface area (Å²) in [5.74, 6) is -0.0855. The average Bonchev–Trinajstić information content (AvgIpc) is 2.53. The summed E-state index contributed by atoms with van der Waals surface area (Å²) >= 11 is 5.72. The van der Waals surface area contributed by atoms with Crippen LogP contribution < -0.4 is 10.9 Å². The first-order chi connectivity index (χ1) is 10.6. The van der Waals surface area contributed by atoms with Gasteiger partial charge in [-0.2, -0.15) is 0 Å². The van der Waals surface area contributed by atoms with Gasteiger partial charge in [-0.1, -0.05) is 28.9 Å². The molecular weight excluding hydrogens is 306 g/mol. The third-order valence-corrected chi connectivity index (χ3v) is 3.14. The number of hydrogen-bond acceptors (Lipinski definition) is 5. The number of rotatable bonds is 3. The largest absolute Gasteiger partial charge is 0.309 e. The average molecular weight is 316 g/mol. The van der Waals surface area contributed by atoms with Crippen molar-refractivity contribution in [3.8, 4) is 0 Å². The lowest BCUT2D eigenvalue weighted by molar-refractivity contribution is -0.117. The number of amides is 1. The van der Waals surface area contributed by atoms with Crippen molar-refractivity contribution in [2.45, 2.75) is 6.54 Å². The van der Waals surface area contributed by atoms with Gasteiger partial charge in [0.25, 0.3) is 5.56 Å². The minimum absolute atomic E-state index is 0.249. The second-order valence-electron chi connectivity index (χ2n) is 4.48. The van der Waals surface area contributed by atoms with Gasteiger partial charge in [0.15, 0.2) is 0 Å². The zero-order valence-corrected chi connectivity index (χ0v) is 12.0. The molecule has 8 heteroatoms. The summed E-state index contributed by atoms with van der Waals surface area (Å²) in [6, 6.07) is 9.99. The van der Waals surface area contributed by atoms with Gasteiger partial charge in [-0.05, 0) is 24.3 Å². The summed E-state index contributed by atoms with van der Waals surface area (Å²) < 4.78 is 1.01. The lowest BCUT2D eigenvalue weighted by atomic mass is 10.2. The first kappa shape index (κ1) is 14.2. The van der Waals surface area contributed by atoms with Gasteiger partial charge in [0, 0.05) is 6.20 Å². The van der Waals surface area contributed by atoms with Crippen LogP contribution in [0.15, 0.2) is 47.4 Å². The molecule has 1 aromatic carbocycles. The molecule has 2 aromatic heterocycles. The first-order valence-electron chi connectivity index (χ1n) is 6.37. The number of benzene rings is 1. The molecule has 1 N–H and O–H groups in total. The molecule has 0 saturated heterocycles. The molecule has 0 aliphatic carbocycles. The van der Waals surface area contributed by atoms with Crippen LogP contribution in [0, 0.1) is 0 Å². The highest BCUT2D eigenvalue weighted by Gasteiger charge is 2.10. The van der Waals surface area contributed by atoms with Crippen LogP contribution in [-0.2, 0) is 11.3 Å². The van der Waals surface area contributed by atoms with Gasteiger partial charge >= 0.3 is 0 Å². The number of carbonyl (C=O) groups excluding carboxylic acids is 1. The maximum atomic E-state index is 12.2. The van der Waals surface area contributed by atoms with Crippen molar-refractivity contribution in [2.75, 3.05) is 5.32 Å². The highest BCUT2D eigenvalue weighted by molar-refractivity contribution is 6.30. The number of nitrogens with zero attached hydrogens (tertiary/aromatic N) is 4. The van der Waals surface area contributed by atoms with Crippen molar-refractivity contribution >= 4 is 34.2 Å². The fourth-order valence-electron chi connectivity index (χ4n) is 1.90. The monoisotopic (exact) mass is 315 g/mol. The summed E-state index contributed by atoms with van der Waals surface area (Å²) in [4.78, 5) is 28.1. The molecule has 1 amide bonds. The molecular formula is C14H10ClN5O2. The molecule has 0 radical (unpaired) electrons. The number of hydrogen-bond donors (Lipinski definition) is 1. The van der Waals surface area contributed by atoms with Crippen LogP contribution in [0.5, 0.6) is 0 Å². The minimum atomic E-state index is -0.429. The second-order valence-corrected chi connectivity index (χ2v) is 4.92. The third kappa shape index (κ3) is 2.94. The van der Waals surface area contributed by atoms with Crippen molar-refractivity contribution in [1.29, 1.82) is 0 Å². The Morgan fingerprint density at radius 1 is 1.23 bits per heavy atom. The van der Waals surface area contributed by atoms with Crippen molar-refractivity contribution in [2.24, 2.45) is 0 Å². The third-order valence-electron chi connectivity index (χ3n) is 2.92. The van der Waals surface area contributed by atoms with Crippen LogP contribution in [-0.4, -0.2) is 25.9 Å². The van der Waals surface area contributed by atoms with E-state index in [9.17, 15) is 9.59 Å². The Morgan fingerprint density at radius 3 is 2.82 bits per heavy atom. The van der Waals surface area contributed by atoms with E-state index < -0.39 is 5.91 Å². The van der Waals surface area contributed by atoms with Gasteiger partial charge in [-0.3, -0.25) is 9.59 Å². The van der Waals surface area contributed by atoms with Crippen molar-refractivity contribution in [1.82, 2.24) is 20.0 Å². The smallest absolute Gasteiger partial charge is 0.278 e. The second kappa shape index (κ2) is 5.90. The normalized spacial score (nSPS) is 10.6. The lowest BCUT2D eigenvalue weighted by Gasteiger charge is -2.06. The Balaban J connectivity index is 1.81. The van der Waals surface area contributed by atoms with E-state index in [1.54, 1.807) is 36.4 Å². The van der Waals surface area contributed by atoms with Gasteiger partial charge in [-0.15, -0.1) is 5.10 Å². The van der Waals surface area contributed by atoms with Crippen LogP contribution >= 0.6 is 11.6 Å². The molecule has 0 fully saturated rings. The molecule has 2 heterocycles. The first-order valence-corrected chi connectivity index (χ1v) is 6.75. The zero-order chi connectivity index (χ0) is 15.5. The molecule has 7 nitrogen and oxygen atoms in total. The topological polar surface area (TPSA) is 89.8 Å². The predicted molar refractivity (Wildman–Crippen MR) is 81.7 cm³/mol. The lowest BCUT2D eigenvalue weighted by Crippen LogP contribution is -2.30. The Hall–Kier alpha value is -2.80. The summed E-state index contributed by atoms with van der Waals surface area (Å²) in [6.45, 7) is -0.249. The summed E-state index contributed by atoms with van der Waals surface area (Å²) in [7, 11) is 0. The molecule has 0 spiro atoms. The molecule has 0 unspecified atom stereocenters. The molecule has 3 aromatic rings. The molecule has 110 valence electrons. The van der Waals surface area contributed by atoms with E-state index >= 15 is 0 Å². The van der Waals surface area contributed by atoms with Crippen molar-refractivity contribution in [3.63, 3.8) is 0 Å². The molecule has 0 atom stereocenters. The van der Waals surface area contributed by atoms with E-state index in [-0.39, 0.29) is 12.1 Å². The molecule has 0 bridgehead atoms. The van der Waals surface area contributed by atoms with Gasteiger partial charge in [0.05, 0.1) is 10.4 Å². The van der Waals surface area contributed by atoms with Gasteiger partial charge in [0.2, 0.25) is 5.91 Å². The zero-order valence-electron chi connectivity index (χ0n) is 11.2. The molecule has 22 heavy (non-hydrogen) atoms. The quantitative estimate of drug-likeness (QED) is 0.790. The van der Waals surface area contributed by atoms with Crippen molar-refractivity contribution < 1.29 is 4.79 Å². The van der Waals surface area contributed by atoms with Crippen LogP contribution in [0.2, 0.25) is 5.02 Å². The highest BCUT2D eigenvalue weighted by Crippen LogP contribution is 2.09. The standard InChI is InChI=1S/C14H10ClN5O2/c15-9-5-6-12(16-7-9)17-13(21)8-20-14(22)10-3-1-2-4-11(10)18-19-20/h1-7H,8H2,(H,16,17,21). The fraction of sp³-hybridized carbons (Fsp3) is 0.0714. The number of aromatic nitrogens is 4. The molecule has 0 saturated carbocycles. The SMILES string of the molecule is O=C(Cn1nnc2ccccc2c1=O)Nc1ccc(Cl)cn1. The Labute approximate surface area is 129 Å². The predicted octanol–water partition coefficient (Wildman–Crippen LogP) is 1.48.